The van der Waals surface area contributed by atoms with Crippen molar-refractivity contribution in [3.8, 4) is 0 Å². The highest BCUT2D eigenvalue weighted by Gasteiger charge is 2.19. The molecule has 0 fully saturated rings. The Morgan fingerprint density at radius 2 is 2.05 bits per heavy atom. The van der Waals surface area contributed by atoms with Crippen LogP contribution in [0.4, 0.5) is 11.5 Å². The first kappa shape index (κ1) is 14.5. The fourth-order valence-electron chi connectivity index (χ4n) is 1.55. The summed E-state index contributed by atoms with van der Waals surface area (Å²) in [5.74, 6) is 0.0190. The summed E-state index contributed by atoms with van der Waals surface area (Å²) in [4.78, 5) is 10.9. The maximum atomic E-state index is 12.3. The molecule has 0 aliphatic carbocycles. The van der Waals surface area contributed by atoms with Crippen LogP contribution >= 0.6 is 15.9 Å². The van der Waals surface area contributed by atoms with Crippen LogP contribution < -0.4 is 16.0 Å². The van der Waals surface area contributed by atoms with Crippen molar-refractivity contribution in [1.29, 1.82) is 0 Å². The maximum Gasteiger partial charge on any atom is 0.264 e. The molecule has 0 atom stereocenters. The van der Waals surface area contributed by atoms with E-state index in [9.17, 15) is 13.2 Å². The summed E-state index contributed by atoms with van der Waals surface area (Å²) in [6.07, 6.45) is 0. The van der Waals surface area contributed by atoms with Gasteiger partial charge in [0.2, 0.25) is 0 Å². The van der Waals surface area contributed by atoms with E-state index in [0.29, 0.717) is 15.7 Å². The van der Waals surface area contributed by atoms with Gasteiger partial charge in [-0.2, -0.15) is 5.10 Å². The highest BCUT2D eigenvalue weighted by molar-refractivity contribution is 9.10. The molecule has 0 saturated carbocycles. The van der Waals surface area contributed by atoms with Crippen LogP contribution in [0.2, 0.25) is 0 Å². The van der Waals surface area contributed by atoms with Crippen molar-refractivity contribution in [2.75, 3.05) is 10.5 Å². The van der Waals surface area contributed by atoms with Crippen LogP contribution in [0.15, 0.2) is 38.4 Å². The molecule has 7 nitrogen and oxygen atoms in total. The number of aromatic amines is 1. The molecule has 1 aromatic carbocycles. The Hall–Kier alpha value is -1.87. The molecular weight excluding hydrogens is 348 g/mol. The normalized spacial score (nSPS) is 11.3. The number of nitrogens with two attached hydrogens (primary N) is 1. The number of rotatable bonds is 3. The average Bonchev–Trinajstić information content (AvgIpc) is 2.36. The number of aromatic nitrogens is 2. The van der Waals surface area contributed by atoms with Crippen LogP contribution in [-0.2, 0) is 10.0 Å². The van der Waals surface area contributed by atoms with Crippen molar-refractivity contribution < 1.29 is 8.42 Å². The first-order valence-corrected chi connectivity index (χ1v) is 7.71. The molecule has 0 spiro atoms. The fraction of sp³-hybridized carbons (Fsp3) is 0.0909. The lowest BCUT2D eigenvalue weighted by atomic mass is 10.2. The standard InChI is InChI=1S/C11H11BrN4O3S/c1-6-4-7(12)8(13)5-9(6)20(18,19)16-10-2-3-11(17)15-14-10/h2-5H,13H2,1H3,(H,14,16)(H,15,17). The smallest absolute Gasteiger partial charge is 0.264 e. The number of hydrogen-bond acceptors (Lipinski definition) is 5. The monoisotopic (exact) mass is 358 g/mol. The number of benzene rings is 1. The number of nitrogen functional groups attached to an aromatic ring is 1. The lowest BCUT2D eigenvalue weighted by Gasteiger charge is -2.11. The van der Waals surface area contributed by atoms with Gasteiger partial charge in [0.15, 0.2) is 5.82 Å². The predicted molar refractivity (Wildman–Crippen MR) is 79.0 cm³/mol. The van der Waals surface area contributed by atoms with Gasteiger partial charge in [-0.3, -0.25) is 9.52 Å². The minimum atomic E-state index is -3.83. The quantitative estimate of drug-likeness (QED) is 0.713. The number of aryl methyl sites for hydroxylation is 1. The van der Waals surface area contributed by atoms with E-state index >= 15 is 0 Å². The fourth-order valence-corrected chi connectivity index (χ4v) is 3.27. The summed E-state index contributed by atoms with van der Waals surface area (Å²) < 4.78 is 27.4. The minimum absolute atomic E-state index is 0.0190. The molecule has 0 saturated heterocycles. The van der Waals surface area contributed by atoms with Gasteiger partial charge in [-0.1, -0.05) is 0 Å². The number of halogens is 1. The molecule has 0 amide bonds. The van der Waals surface area contributed by atoms with Crippen molar-refractivity contribution in [3.05, 3.63) is 44.7 Å². The van der Waals surface area contributed by atoms with Gasteiger partial charge in [0, 0.05) is 16.2 Å². The topological polar surface area (TPSA) is 118 Å². The van der Waals surface area contributed by atoms with Crippen molar-refractivity contribution in [2.45, 2.75) is 11.8 Å². The van der Waals surface area contributed by atoms with E-state index in [0.717, 1.165) is 0 Å². The van der Waals surface area contributed by atoms with E-state index in [2.05, 4.69) is 30.8 Å². The molecule has 2 aromatic rings. The van der Waals surface area contributed by atoms with Crippen molar-refractivity contribution in [3.63, 3.8) is 0 Å². The Balaban J connectivity index is 2.43. The van der Waals surface area contributed by atoms with Crippen LogP contribution in [0, 0.1) is 6.92 Å². The summed E-state index contributed by atoms with van der Waals surface area (Å²) in [5.41, 5.74) is 6.12. The first-order chi connectivity index (χ1) is 9.29. The zero-order chi connectivity index (χ0) is 14.9. The van der Waals surface area contributed by atoms with Crippen LogP contribution in [0.25, 0.3) is 0 Å². The van der Waals surface area contributed by atoms with Gasteiger partial charge in [0.05, 0.1) is 4.90 Å². The highest BCUT2D eigenvalue weighted by Crippen LogP contribution is 2.27. The van der Waals surface area contributed by atoms with Gasteiger partial charge in [0.25, 0.3) is 15.6 Å². The van der Waals surface area contributed by atoms with E-state index in [-0.39, 0.29) is 10.7 Å². The van der Waals surface area contributed by atoms with Crippen molar-refractivity contribution in [1.82, 2.24) is 10.2 Å². The number of hydrogen-bond donors (Lipinski definition) is 3. The molecule has 0 aliphatic heterocycles. The zero-order valence-corrected chi connectivity index (χ0v) is 12.7. The third-order valence-electron chi connectivity index (χ3n) is 2.50. The van der Waals surface area contributed by atoms with E-state index in [1.54, 1.807) is 13.0 Å². The van der Waals surface area contributed by atoms with Gasteiger partial charge < -0.3 is 5.73 Å². The number of nitrogens with zero attached hydrogens (tertiary/aromatic N) is 1. The third-order valence-corrected chi connectivity index (χ3v) is 4.69. The summed E-state index contributed by atoms with van der Waals surface area (Å²) in [7, 11) is -3.83. The second kappa shape index (κ2) is 5.25. The Morgan fingerprint density at radius 3 is 2.65 bits per heavy atom. The zero-order valence-electron chi connectivity index (χ0n) is 10.3. The maximum absolute atomic E-state index is 12.3. The molecular formula is C11H11BrN4O3S. The van der Waals surface area contributed by atoms with E-state index in [1.807, 2.05) is 0 Å². The summed E-state index contributed by atoms with van der Waals surface area (Å²) in [6.45, 7) is 1.65. The van der Waals surface area contributed by atoms with Crippen molar-refractivity contribution >= 4 is 37.5 Å². The molecule has 20 heavy (non-hydrogen) atoms. The molecule has 0 aliphatic rings. The predicted octanol–water partition coefficient (Wildman–Crippen LogP) is 1.22. The molecule has 106 valence electrons. The number of anilines is 2. The van der Waals surface area contributed by atoms with Gasteiger partial charge in [-0.15, -0.1) is 0 Å². The molecule has 1 heterocycles. The summed E-state index contributed by atoms with van der Waals surface area (Å²) in [6, 6.07) is 5.42. The number of H-pyrrole nitrogens is 1. The van der Waals surface area contributed by atoms with Gasteiger partial charge in [-0.25, -0.2) is 13.5 Å². The Labute approximate surface area is 123 Å². The van der Waals surface area contributed by atoms with Crippen LogP contribution in [0.5, 0.6) is 0 Å². The SMILES string of the molecule is Cc1cc(Br)c(N)cc1S(=O)(=O)Nc1ccc(=O)[nH]n1. The average molecular weight is 359 g/mol. The van der Waals surface area contributed by atoms with Gasteiger partial charge in [0.1, 0.15) is 0 Å². The molecule has 4 N–H and O–H groups in total. The minimum Gasteiger partial charge on any atom is -0.398 e. The lowest BCUT2D eigenvalue weighted by molar-refractivity contribution is 0.600. The summed E-state index contributed by atoms with van der Waals surface area (Å²) in [5, 5.41) is 5.73. The first-order valence-electron chi connectivity index (χ1n) is 5.44. The molecule has 0 unspecified atom stereocenters. The second-order valence-corrected chi connectivity index (χ2v) is 6.56. The largest absolute Gasteiger partial charge is 0.398 e. The van der Waals surface area contributed by atoms with E-state index in [4.69, 9.17) is 5.73 Å². The van der Waals surface area contributed by atoms with Gasteiger partial charge in [-0.05, 0) is 46.6 Å². The van der Waals surface area contributed by atoms with Crippen LogP contribution in [0.3, 0.4) is 0 Å². The van der Waals surface area contributed by atoms with Crippen LogP contribution in [0.1, 0.15) is 5.56 Å². The molecule has 0 bridgehead atoms. The number of nitrogens with one attached hydrogen (secondary N) is 2. The summed E-state index contributed by atoms with van der Waals surface area (Å²) >= 11 is 3.23. The molecule has 0 radical (unpaired) electrons. The highest BCUT2D eigenvalue weighted by atomic mass is 79.9. The lowest BCUT2D eigenvalue weighted by Crippen LogP contribution is -2.17. The Bertz CT molecular complexity index is 796. The Kier molecular flexibility index (Phi) is 3.82. The van der Waals surface area contributed by atoms with Gasteiger partial charge >= 0.3 is 0 Å². The molecule has 1 aromatic heterocycles. The third kappa shape index (κ3) is 2.99. The van der Waals surface area contributed by atoms with Crippen molar-refractivity contribution in [2.24, 2.45) is 0 Å². The number of sulfonamides is 1. The molecule has 2 rings (SSSR count). The second-order valence-electron chi connectivity index (χ2n) is 4.05. The van der Waals surface area contributed by atoms with E-state index < -0.39 is 15.6 Å². The molecule has 9 heteroatoms. The van der Waals surface area contributed by atoms with Crippen LogP contribution in [-0.4, -0.2) is 18.6 Å². The Morgan fingerprint density at radius 1 is 1.35 bits per heavy atom. The van der Waals surface area contributed by atoms with E-state index in [1.165, 1.54) is 18.2 Å².